The summed E-state index contributed by atoms with van der Waals surface area (Å²) in [5, 5.41) is 0.726. The van der Waals surface area contributed by atoms with E-state index in [-0.39, 0.29) is 0 Å². The molecule has 13 heavy (non-hydrogen) atoms. The second-order valence-corrected chi connectivity index (χ2v) is 3.23. The van der Waals surface area contributed by atoms with Crippen LogP contribution >= 0.6 is 11.6 Å². The van der Waals surface area contributed by atoms with Gasteiger partial charge in [0.15, 0.2) is 0 Å². The zero-order valence-corrected chi connectivity index (χ0v) is 8.60. The third-order valence-corrected chi connectivity index (χ3v) is 2.22. The van der Waals surface area contributed by atoms with Crippen LogP contribution in [0, 0.1) is 0 Å². The molecular weight excluding hydrogens is 182 g/mol. The van der Waals surface area contributed by atoms with Gasteiger partial charge in [0.25, 0.3) is 0 Å². The zero-order chi connectivity index (χ0) is 9.84. The Morgan fingerprint density at radius 2 is 2.23 bits per heavy atom. The first-order valence-corrected chi connectivity index (χ1v) is 4.46. The average Bonchev–Trinajstić information content (AvgIpc) is 2.16. The first-order chi connectivity index (χ1) is 6.19. The number of benzene rings is 1. The molecule has 0 unspecified atom stereocenters. The number of nitrogens with zero attached hydrogens (tertiary/aromatic N) is 1. The fourth-order valence-corrected chi connectivity index (χ4v) is 1.29. The Labute approximate surface area is 83.8 Å². The fourth-order valence-electron chi connectivity index (χ4n) is 1.12. The Morgan fingerprint density at radius 3 is 2.77 bits per heavy atom. The van der Waals surface area contributed by atoms with Crippen LogP contribution in [0.3, 0.4) is 0 Å². The van der Waals surface area contributed by atoms with E-state index in [2.05, 4.69) is 11.7 Å². The van der Waals surface area contributed by atoms with Crippen LogP contribution in [0.5, 0.6) is 0 Å². The molecule has 0 aliphatic heterocycles. The molecule has 0 N–H and O–H groups in total. The summed E-state index contributed by atoms with van der Waals surface area (Å²) >= 11 is 5.89. The van der Waals surface area contributed by atoms with Crippen LogP contribution < -0.4 is 0 Å². The topological polar surface area (TPSA) is 12.4 Å². The highest BCUT2D eigenvalue weighted by Crippen LogP contribution is 2.28. The van der Waals surface area contributed by atoms with E-state index < -0.39 is 0 Å². The standard InChI is InChI=1S/C11H12ClN/c1-4-8(2)10-7-9(12)5-6-11(10)13-3/h4-7H,3H2,1-2H3/b8-4-. The lowest BCUT2D eigenvalue weighted by Crippen LogP contribution is -1.80. The fraction of sp³-hybridized carbons (Fsp3) is 0.182. The molecule has 0 aliphatic carbocycles. The monoisotopic (exact) mass is 193 g/mol. The van der Waals surface area contributed by atoms with E-state index >= 15 is 0 Å². The molecule has 0 spiro atoms. The van der Waals surface area contributed by atoms with Gasteiger partial charge in [-0.1, -0.05) is 17.7 Å². The highest BCUT2D eigenvalue weighted by Gasteiger charge is 2.02. The van der Waals surface area contributed by atoms with Crippen molar-refractivity contribution in [3.8, 4) is 0 Å². The van der Waals surface area contributed by atoms with Crippen LogP contribution in [-0.4, -0.2) is 6.72 Å². The summed E-state index contributed by atoms with van der Waals surface area (Å²) in [6, 6.07) is 5.59. The van der Waals surface area contributed by atoms with Crippen molar-refractivity contribution in [2.75, 3.05) is 0 Å². The van der Waals surface area contributed by atoms with Gasteiger partial charge in [0.2, 0.25) is 0 Å². The van der Waals surface area contributed by atoms with Crippen LogP contribution in [0.2, 0.25) is 5.02 Å². The summed E-state index contributed by atoms with van der Waals surface area (Å²) in [4.78, 5) is 3.93. The maximum atomic E-state index is 5.89. The molecule has 0 saturated heterocycles. The number of rotatable bonds is 2. The number of aliphatic imine (C=N–C) groups is 1. The number of hydrogen-bond donors (Lipinski definition) is 0. The van der Waals surface area contributed by atoms with Crippen molar-refractivity contribution in [3.63, 3.8) is 0 Å². The van der Waals surface area contributed by atoms with Gasteiger partial charge in [-0.25, -0.2) is 0 Å². The first kappa shape index (κ1) is 10.0. The van der Waals surface area contributed by atoms with Crippen molar-refractivity contribution in [1.82, 2.24) is 0 Å². The third kappa shape index (κ3) is 2.19. The number of halogens is 1. The Balaban J connectivity index is 3.31. The van der Waals surface area contributed by atoms with Gasteiger partial charge >= 0.3 is 0 Å². The second-order valence-electron chi connectivity index (χ2n) is 2.79. The quantitative estimate of drug-likeness (QED) is 0.628. The number of allylic oxidation sites excluding steroid dienone is 2. The Kier molecular flexibility index (Phi) is 3.26. The van der Waals surface area contributed by atoms with E-state index in [4.69, 9.17) is 11.6 Å². The van der Waals surface area contributed by atoms with Crippen molar-refractivity contribution >= 4 is 29.6 Å². The molecule has 0 heterocycles. The van der Waals surface area contributed by atoms with Gasteiger partial charge in [0.05, 0.1) is 5.69 Å². The van der Waals surface area contributed by atoms with E-state index in [9.17, 15) is 0 Å². The summed E-state index contributed by atoms with van der Waals surface area (Å²) in [7, 11) is 0. The zero-order valence-electron chi connectivity index (χ0n) is 7.84. The number of hydrogen-bond acceptors (Lipinski definition) is 1. The molecule has 0 atom stereocenters. The van der Waals surface area contributed by atoms with Crippen LogP contribution in [-0.2, 0) is 0 Å². The molecule has 1 nitrogen and oxygen atoms in total. The molecule has 0 aromatic heterocycles. The maximum Gasteiger partial charge on any atom is 0.0698 e. The highest BCUT2D eigenvalue weighted by atomic mass is 35.5. The van der Waals surface area contributed by atoms with Gasteiger partial charge in [0.1, 0.15) is 0 Å². The lowest BCUT2D eigenvalue weighted by atomic mass is 10.1. The van der Waals surface area contributed by atoms with Gasteiger partial charge < -0.3 is 0 Å². The second kappa shape index (κ2) is 4.24. The molecule has 68 valence electrons. The van der Waals surface area contributed by atoms with Crippen molar-refractivity contribution < 1.29 is 0 Å². The van der Waals surface area contributed by atoms with Crippen LogP contribution in [0.4, 0.5) is 5.69 Å². The minimum absolute atomic E-state index is 0.726. The van der Waals surface area contributed by atoms with Crippen molar-refractivity contribution in [2.24, 2.45) is 4.99 Å². The van der Waals surface area contributed by atoms with Crippen LogP contribution in [0.25, 0.3) is 5.57 Å². The smallest absolute Gasteiger partial charge is 0.0698 e. The van der Waals surface area contributed by atoms with Gasteiger partial charge in [-0.3, -0.25) is 4.99 Å². The summed E-state index contributed by atoms with van der Waals surface area (Å²) in [6.07, 6.45) is 2.03. The third-order valence-electron chi connectivity index (χ3n) is 1.99. The van der Waals surface area contributed by atoms with E-state index in [0.717, 1.165) is 21.8 Å². The average molecular weight is 194 g/mol. The molecule has 2 heteroatoms. The molecule has 0 fully saturated rings. The summed E-state index contributed by atoms with van der Waals surface area (Å²) < 4.78 is 0. The summed E-state index contributed by atoms with van der Waals surface area (Å²) in [5.74, 6) is 0. The molecule has 1 aromatic rings. The highest BCUT2D eigenvalue weighted by molar-refractivity contribution is 6.30. The Hall–Kier alpha value is -1.08. The van der Waals surface area contributed by atoms with E-state index in [0.29, 0.717) is 0 Å². The van der Waals surface area contributed by atoms with E-state index in [1.54, 1.807) is 0 Å². The molecule has 0 saturated carbocycles. The molecule has 1 rings (SSSR count). The molecule has 0 bridgehead atoms. The minimum Gasteiger partial charge on any atom is -0.264 e. The molecule has 1 aromatic carbocycles. The van der Waals surface area contributed by atoms with Crippen molar-refractivity contribution in [3.05, 3.63) is 34.9 Å². The maximum absolute atomic E-state index is 5.89. The predicted molar refractivity (Wildman–Crippen MR) is 60.0 cm³/mol. The minimum atomic E-state index is 0.726. The largest absolute Gasteiger partial charge is 0.264 e. The first-order valence-electron chi connectivity index (χ1n) is 4.08. The SMILES string of the molecule is C=Nc1ccc(Cl)cc1/C(C)=C\C. The van der Waals surface area contributed by atoms with Crippen LogP contribution in [0.1, 0.15) is 19.4 Å². The predicted octanol–water partition coefficient (Wildman–Crippen LogP) is 4.10. The lowest BCUT2D eigenvalue weighted by molar-refractivity contribution is 1.47. The summed E-state index contributed by atoms with van der Waals surface area (Å²) in [5.41, 5.74) is 3.08. The molecule has 0 amide bonds. The van der Waals surface area contributed by atoms with Gasteiger partial charge in [-0.15, -0.1) is 0 Å². The molecule has 0 radical (unpaired) electrons. The van der Waals surface area contributed by atoms with Gasteiger partial charge in [0, 0.05) is 10.6 Å². The van der Waals surface area contributed by atoms with Crippen molar-refractivity contribution in [2.45, 2.75) is 13.8 Å². The lowest BCUT2D eigenvalue weighted by Gasteiger charge is -2.05. The molecular formula is C11H12ClN. The Morgan fingerprint density at radius 1 is 1.54 bits per heavy atom. The van der Waals surface area contributed by atoms with Crippen LogP contribution in [0.15, 0.2) is 29.3 Å². The van der Waals surface area contributed by atoms with E-state index in [1.807, 2.05) is 38.1 Å². The molecule has 0 aliphatic rings. The van der Waals surface area contributed by atoms with Gasteiger partial charge in [-0.2, -0.15) is 0 Å². The summed E-state index contributed by atoms with van der Waals surface area (Å²) in [6.45, 7) is 7.53. The normalized spacial score (nSPS) is 11.5. The Bertz CT molecular complexity index is 353. The van der Waals surface area contributed by atoms with Crippen molar-refractivity contribution in [1.29, 1.82) is 0 Å². The van der Waals surface area contributed by atoms with E-state index in [1.165, 1.54) is 0 Å². The van der Waals surface area contributed by atoms with Gasteiger partial charge in [-0.05, 0) is 44.3 Å².